The molecule has 2 aromatic heterocycles. The summed E-state index contributed by atoms with van der Waals surface area (Å²) in [6.07, 6.45) is 17.9. The molecule has 9 rings (SSSR count). The summed E-state index contributed by atoms with van der Waals surface area (Å²) in [5.74, 6) is 0. The summed E-state index contributed by atoms with van der Waals surface area (Å²) >= 11 is 0. The average molecular weight is 700 g/mol. The number of benzene rings is 6. The minimum absolute atomic E-state index is 0.958. The lowest BCUT2D eigenvalue weighted by Gasteiger charge is -2.25. The fourth-order valence-electron chi connectivity index (χ4n) is 8.46. The van der Waals surface area contributed by atoms with E-state index in [1.807, 2.05) is 6.20 Å². The quantitative estimate of drug-likeness (QED) is 0.0990. The van der Waals surface area contributed by atoms with Crippen molar-refractivity contribution in [3.63, 3.8) is 0 Å². The second-order valence-electron chi connectivity index (χ2n) is 14.3. The summed E-state index contributed by atoms with van der Waals surface area (Å²) in [5, 5.41) is 4.99. The number of allylic oxidation sites excluding steroid dienone is 3. The topological polar surface area (TPSA) is 21.1 Å². The minimum atomic E-state index is 0.958. The van der Waals surface area contributed by atoms with Gasteiger partial charge in [0.25, 0.3) is 0 Å². The summed E-state index contributed by atoms with van der Waals surface area (Å²) in [6.45, 7) is 3.19. The molecule has 0 bridgehead atoms. The number of pyridine rings is 1. The lowest BCUT2D eigenvalue weighted by atomic mass is 9.80. The van der Waals surface area contributed by atoms with E-state index in [1.54, 1.807) is 0 Å². The molecule has 0 radical (unpaired) electrons. The van der Waals surface area contributed by atoms with Crippen LogP contribution in [0.2, 0.25) is 0 Å². The molecule has 1 aliphatic carbocycles. The first kappa shape index (κ1) is 33.6. The molecule has 0 atom stereocenters. The second kappa shape index (κ2) is 15.0. The van der Waals surface area contributed by atoms with Crippen molar-refractivity contribution in [1.82, 2.24) is 9.55 Å². The number of hydrogen-bond acceptors (Lipinski definition) is 2. The van der Waals surface area contributed by atoms with Gasteiger partial charge >= 0.3 is 0 Å². The highest BCUT2D eigenvalue weighted by Crippen LogP contribution is 2.45. The van der Waals surface area contributed by atoms with E-state index in [1.165, 1.54) is 72.7 Å². The Morgan fingerprint density at radius 1 is 0.648 bits per heavy atom. The standard InChI is InChI=1S/C51H45N3/c1-2-3-4-5-6-17-35-53(39-21-11-8-12-22-39)40-29-31-41(32-30-40)54-48-33-28-38(36-47(48)46-27-18-34-52-51(46)54)50-44-25-15-13-23-42(44)49(37-19-9-7-10-20-37)43-24-14-16-26-45(43)50/h4-5,7-15,18-25,27-34,36H,2-3,6,16-17,26,35H2,1H3/b5-4-. The summed E-state index contributed by atoms with van der Waals surface area (Å²) in [6, 6.07) is 51.0. The highest BCUT2D eigenvalue weighted by molar-refractivity contribution is 6.13. The molecule has 0 spiro atoms. The SMILES string of the molecule is CCC/C=C\CCCN(c1ccccc1)c1ccc(-n2c3ccc(-c4c5c(c(-c6ccccc6)c6ccccc46)C=CCC5)cc3c3cccnc32)cc1. The van der Waals surface area contributed by atoms with E-state index in [0.717, 1.165) is 55.5 Å². The normalized spacial score (nSPS) is 12.6. The molecule has 0 N–H and O–H groups in total. The fraction of sp³-hybridized carbons (Fsp3) is 0.157. The molecule has 0 saturated heterocycles. The molecule has 3 nitrogen and oxygen atoms in total. The van der Waals surface area contributed by atoms with Crippen LogP contribution in [-0.2, 0) is 6.42 Å². The predicted octanol–water partition coefficient (Wildman–Crippen LogP) is 13.9. The maximum Gasteiger partial charge on any atom is 0.145 e. The third kappa shape index (κ3) is 6.20. The Labute approximate surface area is 318 Å². The first-order chi connectivity index (χ1) is 26.8. The largest absolute Gasteiger partial charge is 0.341 e. The van der Waals surface area contributed by atoms with E-state index in [9.17, 15) is 0 Å². The van der Waals surface area contributed by atoms with Gasteiger partial charge in [-0.2, -0.15) is 0 Å². The maximum atomic E-state index is 4.98. The van der Waals surface area contributed by atoms with Crippen LogP contribution in [-0.4, -0.2) is 16.1 Å². The van der Waals surface area contributed by atoms with Crippen LogP contribution in [0.4, 0.5) is 11.4 Å². The van der Waals surface area contributed by atoms with Gasteiger partial charge in [0.15, 0.2) is 0 Å². The maximum absolute atomic E-state index is 4.98. The van der Waals surface area contributed by atoms with Gasteiger partial charge in [-0.25, -0.2) is 4.98 Å². The lowest BCUT2D eigenvalue weighted by Crippen LogP contribution is -2.18. The summed E-state index contributed by atoms with van der Waals surface area (Å²) < 4.78 is 2.33. The molecule has 54 heavy (non-hydrogen) atoms. The van der Waals surface area contributed by atoms with E-state index in [4.69, 9.17) is 4.98 Å². The van der Waals surface area contributed by atoms with Crippen LogP contribution in [0, 0.1) is 0 Å². The van der Waals surface area contributed by atoms with Crippen molar-refractivity contribution < 1.29 is 0 Å². The molecule has 6 aromatic carbocycles. The van der Waals surface area contributed by atoms with Crippen LogP contribution in [0.25, 0.3) is 66.7 Å². The molecule has 0 fully saturated rings. The zero-order chi connectivity index (χ0) is 36.3. The highest BCUT2D eigenvalue weighted by Gasteiger charge is 2.23. The number of para-hydroxylation sites is 1. The number of aromatic nitrogens is 2. The first-order valence-corrected chi connectivity index (χ1v) is 19.6. The van der Waals surface area contributed by atoms with Gasteiger partial charge in [-0.15, -0.1) is 0 Å². The molecule has 1 aliphatic rings. The van der Waals surface area contributed by atoms with Crippen molar-refractivity contribution in [1.29, 1.82) is 0 Å². The fourth-order valence-corrected chi connectivity index (χ4v) is 8.46. The van der Waals surface area contributed by atoms with Gasteiger partial charge in [-0.3, -0.25) is 4.57 Å². The van der Waals surface area contributed by atoms with E-state index in [0.29, 0.717) is 0 Å². The van der Waals surface area contributed by atoms with Crippen molar-refractivity contribution in [2.75, 3.05) is 11.4 Å². The Hall–Kier alpha value is -6.19. The van der Waals surface area contributed by atoms with Crippen molar-refractivity contribution in [3.8, 4) is 27.9 Å². The van der Waals surface area contributed by atoms with Gasteiger partial charge < -0.3 is 4.90 Å². The smallest absolute Gasteiger partial charge is 0.145 e. The van der Waals surface area contributed by atoms with Gasteiger partial charge in [0, 0.05) is 40.6 Å². The van der Waals surface area contributed by atoms with Gasteiger partial charge in [-0.1, -0.05) is 117 Å². The Kier molecular flexibility index (Phi) is 9.37. The zero-order valence-corrected chi connectivity index (χ0v) is 31.0. The first-order valence-electron chi connectivity index (χ1n) is 19.6. The van der Waals surface area contributed by atoms with Crippen LogP contribution < -0.4 is 4.90 Å². The summed E-state index contributed by atoms with van der Waals surface area (Å²) in [5.41, 5.74) is 13.7. The van der Waals surface area contributed by atoms with Crippen molar-refractivity contribution in [2.45, 2.75) is 45.4 Å². The number of unbranched alkanes of at least 4 members (excludes halogenated alkanes) is 2. The van der Waals surface area contributed by atoms with E-state index in [-0.39, 0.29) is 0 Å². The molecule has 0 saturated carbocycles. The second-order valence-corrected chi connectivity index (χ2v) is 14.3. The monoisotopic (exact) mass is 699 g/mol. The molecule has 0 amide bonds. The van der Waals surface area contributed by atoms with Crippen LogP contribution in [0.3, 0.4) is 0 Å². The highest BCUT2D eigenvalue weighted by atomic mass is 15.1. The number of hydrogen-bond donors (Lipinski definition) is 0. The Balaban J connectivity index is 1.14. The zero-order valence-electron chi connectivity index (χ0n) is 31.0. The molecule has 0 unspecified atom stereocenters. The number of fused-ring (bicyclic) bond motifs is 5. The molecule has 264 valence electrons. The average Bonchev–Trinajstić information content (AvgIpc) is 3.57. The molecule has 0 aliphatic heterocycles. The Morgan fingerprint density at radius 3 is 2.15 bits per heavy atom. The molecule has 8 aromatic rings. The van der Waals surface area contributed by atoms with Gasteiger partial charge in [0.1, 0.15) is 5.65 Å². The van der Waals surface area contributed by atoms with Crippen LogP contribution in [0.15, 0.2) is 164 Å². The van der Waals surface area contributed by atoms with Crippen molar-refractivity contribution >= 4 is 50.2 Å². The van der Waals surface area contributed by atoms with Gasteiger partial charge in [-0.05, 0) is 137 Å². The molecule has 3 heteroatoms. The number of rotatable bonds is 11. The van der Waals surface area contributed by atoms with Crippen molar-refractivity contribution in [2.24, 2.45) is 0 Å². The predicted molar refractivity (Wildman–Crippen MR) is 231 cm³/mol. The third-order valence-corrected chi connectivity index (χ3v) is 10.9. The van der Waals surface area contributed by atoms with E-state index in [2.05, 4.69) is 180 Å². The number of anilines is 2. The summed E-state index contributed by atoms with van der Waals surface area (Å²) in [7, 11) is 0. The van der Waals surface area contributed by atoms with E-state index >= 15 is 0 Å². The minimum Gasteiger partial charge on any atom is -0.341 e. The van der Waals surface area contributed by atoms with Gasteiger partial charge in [0.2, 0.25) is 0 Å². The van der Waals surface area contributed by atoms with Crippen LogP contribution >= 0.6 is 0 Å². The molecular formula is C51H45N3. The summed E-state index contributed by atoms with van der Waals surface area (Å²) in [4.78, 5) is 7.42. The lowest BCUT2D eigenvalue weighted by molar-refractivity contribution is 0.820. The van der Waals surface area contributed by atoms with E-state index < -0.39 is 0 Å². The Morgan fingerprint density at radius 2 is 1.35 bits per heavy atom. The van der Waals surface area contributed by atoms with Gasteiger partial charge in [0.05, 0.1) is 5.52 Å². The third-order valence-electron chi connectivity index (χ3n) is 10.9. The van der Waals surface area contributed by atoms with Crippen LogP contribution in [0.5, 0.6) is 0 Å². The van der Waals surface area contributed by atoms with Crippen LogP contribution in [0.1, 0.15) is 50.2 Å². The molecule has 2 heterocycles. The molecular weight excluding hydrogens is 655 g/mol. The number of nitrogens with zero attached hydrogens (tertiary/aromatic N) is 3. The van der Waals surface area contributed by atoms with Crippen molar-refractivity contribution in [3.05, 3.63) is 175 Å². The Bertz CT molecular complexity index is 2630.